The van der Waals surface area contributed by atoms with E-state index < -0.39 is 0 Å². The molecule has 0 aliphatic carbocycles. The first-order valence-electron chi connectivity index (χ1n) is 6.78. The zero-order chi connectivity index (χ0) is 13.4. The summed E-state index contributed by atoms with van der Waals surface area (Å²) in [4.78, 5) is 4.55. The molecule has 0 saturated carbocycles. The number of aromatic nitrogens is 2. The van der Waals surface area contributed by atoms with Crippen LogP contribution in [0.4, 0.5) is 0 Å². The number of aryl methyl sites for hydroxylation is 2. The maximum atomic E-state index is 9.23. The number of imidazole rings is 1. The molecule has 0 atom stereocenters. The lowest BCUT2D eigenvalue weighted by Gasteiger charge is -2.17. The molecule has 0 spiro atoms. The van der Waals surface area contributed by atoms with Gasteiger partial charge in [-0.15, -0.1) is 0 Å². The molecule has 3 rings (SSSR count). The average Bonchev–Trinajstić information content (AvgIpc) is 2.81. The van der Waals surface area contributed by atoms with Crippen LogP contribution in [0.2, 0.25) is 0 Å². The Morgan fingerprint density at radius 3 is 2.79 bits per heavy atom. The molecule has 19 heavy (non-hydrogen) atoms. The van der Waals surface area contributed by atoms with E-state index in [0.29, 0.717) is 5.69 Å². The van der Waals surface area contributed by atoms with Crippen molar-refractivity contribution in [2.75, 3.05) is 0 Å². The van der Waals surface area contributed by atoms with Gasteiger partial charge in [-0.25, -0.2) is 4.98 Å². The molecule has 1 aliphatic rings. The molecule has 3 nitrogen and oxygen atoms in total. The minimum absolute atomic E-state index is 0.605. The molecular formula is C16H17N3. The van der Waals surface area contributed by atoms with E-state index in [1.54, 1.807) is 0 Å². The minimum Gasteiger partial charge on any atom is -0.327 e. The fraction of sp³-hybridized carbons (Fsp3) is 0.375. The molecule has 0 radical (unpaired) electrons. The standard InChI is InChI=1S/C16H17N3/c1-11-6-7-13(9-12(11)2)16-18-14(10-17)15-5-3-4-8-19(15)16/h6-7,9H,3-5,8H2,1-2H3. The maximum Gasteiger partial charge on any atom is 0.162 e. The largest absolute Gasteiger partial charge is 0.327 e. The van der Waals surface area contributed by atoms with Crippen molar-refractivity contribution >= 4 is 0 Å². The van der Waals surface area contributed by atoms with Crippen LogP contribution in [-0.2, 0) is 13.0 Å². The van der Waals surface area contributed by atoms with Crippen LogP contribution < -0.4 is 0 Å². The van der Waals surface area contributed by atoms with Crippen LogP contribution in [-0.4, -0.2) is 9.55 Å². The Hall–Kier alpha value is -2.08. The van der Waals surface area contributed by atoms with Crippen molar-refractivity contribution in [3.8, 4) is 17.5 Å². The van der Waals surface area contributed by atoms with E-state index in [-0.39, 0.29) is 0 Å². The van der Waals surface area contributed by atoms with Crippen LogP contribution in [0, 0.1) is 25.2 Å². The van der Waals surface area contributed by atoms with Gasteiger partial charge < -0.3 is 4.57 Å². The predicted molar refractivity (Wildman–Crippen MR) is 74.8 cm³/mol. The number of rotatable bonds is 1. The Labute approximate surface area is 113 Å². The molecule has 2 heterocycles. The van der Waals surface area contributed by atoms with Gasteiger partial charge in [-0.05, 0) is 50.3 Å². The predicted octanol–water partition coefficient (Wildman–Crippen LogP) is 3.37. The van der Waals surface area contributed by atoms with Crippen molar-refractivity contribution in [2.24, 2.45) is 0 Å². The maximum absolute atomic E-state index is 9.23. The Bertz CT molecular complexity index is 674. The monoisotopic (exact) mass is 251 g/mol. The molecule has 0 unspecified atom stereocenters. The van der Waals surface area contributed by atoms with Crippen molar-refractivity contribution in [1.29, 1.82) is 5.26 Å². The molecule has 0 amide bonds. The van der Waals surface area contributed by atoms with Crippen LogP contribution in [0.3, 0.4) is 0 Å². The molecule has 1 aromatic carbocycles. The van der Waals surface area contributed by atoms with E-state index in [4.69, 9.17) is 0 Å². The van der Waals surface area contributed by atoms with Gasteiger partial charge in [0, 0.05) is 12.1 Å². The molecule has 1 aliphatic heterocycles. The summed E-state index contributed by atoms with van der Waals surface area (Å²) in [6.45, 7) is 5.21. The highest BCUT2D eigenvalue weighted by atomic mass is 15.1. The summed E-state index contributed by atoms with van der Waals surface area (Å²) in [7, 11) is 0. The first-order chi connectivity index (χ1) is 9.20. The normalized spacial score (nSPS) is 13.9. The zero-order valence-electron chi connectivity index (χ0n) is 11.4. The van der Waals surface area contributed by atoms with E-state index in [0.717, 1.165) is 36.5 Å². The molecule has 96 valence electrons. The van der Waals surface area contributed by atoms with Crippen LogP contribution in [0.5, 0.6) is 0 Å². The van der Waals surface area contributed by atoms with Crippen molar-refractivity contribution in [3.05, 3.63) is 40.7 Å². The van der Waals surface area contributed by atoms with Gasteiger partial charge in [-0.2, -0.15) is 5.26 Å². The summed E-state index contributed by atoms with van der Waals surface area (Å²) in [6, 6.07) is 8.64. The molecule has 0 N–H and O–H groups in total. The topological polar surface area (TPSA) is 41.6 Å². The Morgan fingerprint density at radius 2 is 2.05 bits per heavy atom. The molecule has 2 aromatic rings. The quantitative estimate of drug-likeness (QED) is 0.779. The smallest absolute Gasteiger partial charge is 0.162 e. The highest BCUT2D eigenvalue weighted by Crippen LogP contribution is 2.28. The number of nitriles is 1. The Morgan fingerprint density at radius 1 is 1.21 bits per heavy atom. The van der Waals surface area contributed by atoms with Crippen molar-refractivity contribution in [3.63, 3.8) is 0 Å². The van der Waals surface area contributed by atoms with Gasteiger partial charge in [-0.3, -0.25) is 0 Å². The van der Waals surface area contributed by atoms with Gasteiger partial charge in [0.25, 0.3) is 0 Å². The van der Waals surface area contributed by atoms with Crippen LogP contribution in [0.15, 0.2) is 18.2 Å². The first kappa shape index (κ1) is 12.0. The SMILES string of the molecule is Cc1ccc(-c2nc(C#N)c3n2CCCC3)cc1C. The van der Waals surface area contributed by atoms with Crippen LogP contribution in [0.25, 0.3) is 11.4 Å². The molecule has 0 fully saturated rings. The summed E-state index contributed by atoms with van der Waals surface area (Å²) in [5.74, 6) is 0.953. The molecule has 3 heteroatoms. The minimum atomic E-state index is 0.605. The second-order valence-corrected chi connectivity index (χ2v) is 5.25. The number of benzene rings is 1. The highest BCUT2D eigenvalue weighted by Gasteiger charge is 2.20. The lowest BCUT2D eigenvalue weighted by atomic mass is 10.1. The second-order valence-electron chi connectivity index (χ2n) is 5.25. The van der Waals surface area contributed by atoms with Gasteiger partial charge in [0.1, 0.15) is 11.9 Å². The summed E-state index contributed by atoms with van der Waals surface area (Å²) >= 11 is 0. The van der Waals surface area contributed by atoms with Gasteiger partial charge >= 0.3 is 0 Å². The summed E-state index contributed by atoms with van der Waals surface area (Å²) in [6.07, 6.45) is 3.31. The third kappa shape index (κ3) is 1.94. The van der Waals surface area contributed by atoms with Crippen LogP contribution in [0.1, 0.15) is 35.4 Å². The summed E-state index contributed by atoms with van der Waals surface area (Å²) in [5, 5.41) is 9.23. The van der Waals surface area contributed by atoms with Crippen LogP contribution >= 0.6 is 0 Å². The van der Waals surface area contributed by atoms with Crippen molar-refractivity contribution in [1.82, 2.24) is 9.55 Å². The van der Waals surface area contributed by atoms with E-state index in [2.05, 4.69) is 47.7 Å². The third-order valence-electron chi connectivity index (χ3n) is 3.99. The number of hydrogen-bond donors (Lipinski definition) is 0. The Balaban J connectivity index is 2.17. The molecule has 0 saturated heterocycles. The highest BCUT2D eigenvalue weighted by molar-refractivity contribution is 5.60. The van der Waals surface area contributed by atoms with Gasteiger partial charge in [-0.1, -0.05) is 12.1 Å². The van der Waals surface area contributed by atoms with E-state index in [9.17, 15) is 5.26 Å². The van der Waals surface area contributed by atoms with E-state index in [1.165, 1.54) is 17.5 Å². The fourth-order valence-corrected chi connectivity index (χ4v) is 2.73. The molecule has 0 bridgehead atoms. The number of fused-ring (bicyclic) bond motifs is 1. The average molecular weight is 251 g/mol. The second kappa shape index (κ2) is 4.55. The first-order valence-corrected chi connectivity index (χ1v) is 6.78. The van der Waals surface area contributed by atoms with Gasteiger partial charge in [0.15, 0.2) is 5.69 Å². The van der Waals surface area contributed by atoms with Crippen molar-refractivity contribution in [2.45, 2.75) is 39.7 Å². The van der Waals surface area contributed by atoms with Gasteiger partial charge in [0.05, 0.1) is 5.69 Å². The van der Waals surface area contributed by atoms with Gasteiger partial charge in [0.2, 0.25) is 0 Å². The molecular weight excluding hydrogens is 234 g/mol. The third-order valence-corrected chi connectivity index (χ3v) is 3.99. The van der Waals surface area contributed by atoms with E-state index >= 15 is 0 Å². The number of hydrogen-bond acceptors (Lipinski definition) is 2. The fourth-order valence-electron chi connectivity index (χ4n) is 2.73. The number of nitrogens with zero attached hydrogens (tertiary/aromatic N) is 3. The summed E-state index contributed by atoms with van der Waals surface area (Å²) < 4.78 is 2.23. The zero-order valence-corrected chi connectivity index (χ0v) is 11.4. The Kier molecular flexibility index (Phi) is 2.87. The molecule has 1 aromatic heterocycles. The van der Waals surface area contributed by atoms with E-state index in [1.807, 2.05) is 0 Å². The van der Waals surface area contributed by atoms with Crippen molar-refractivity contribution < 1.29 is 0 Å². The lowest BCUT2D eigenvalue weighted by molar-refractivity contribution is 0.535. The lowest BCUT2D eigenvalue weighted by Crippen LogP contribution is -2.11. The summed E-state index contributed by atoms with van der Waals surface area (Å²) in [5.41, 5.74) is 5.39.